The van der Waals surface area contributed by atoms with Crippen LogP contribution >= 0.6 is 0 Å². The van der Waals surface area contributed by atoms with Gasteiger partial charge >= 0.3 is 0 Å². The van der Waals surface area contributed by atoms with Crippen molar-refractivity contribution in [1.82, 2.24) is 10.1 Å². The Labute approximate surface area is 110 Å². The van der Waals surface area contributed by atoms with E-state index in [-0.39, 0.29) is 23.1 Å². The van der Waals surface area contributed by atoms with Crippen LogP contribution in [-0.2, 0) is 0 Å². The third-order valence-corrected chi connectivity index (χ3v) is 3.71. The molecule has 0 amide bonds. The first-order valence-corrected chi connectivity index (χ1v) is 6.46. The van der Waals surface area contributed by atoms with Crippen LogP contribution < -0.4 is 0 Å². The number of rotatable bonds is 2. The molecule has 4 nitrogen and oxygen atoms in total. The van der Waals surface area contributed by atoms with Crippen molar-refractivity contribution in [2.24, 2.45) is 5.92 Å². The number of phenolic OH excluding ortho intramolecular Hbond substituents is 1. The molecule has 1 aromatic carbocycles. The standard InChI is InChI=1S/C14H15FN2O2/c1-8-5-6-9(7-8)13-16-14(19-17-13)12-10(15)3-2-4-11(12)18/h2-4,8-9,18H,5-7H2,1H3. The molecule has 0 saturated heterocycles. The van der Waals surface area contributed by atoms with E-state index in [0.29, 0.717) is 11.7 Å². The molecule has 2 atom stereocenters. The van der Waals surface area contributed by atoms with Crippen LogP contribution in [0.15, 0.2) is 22.7 Å². The third-order valence-electron chi connectivity index (χ3n) is 3.71. The van der Waals surface area contributed by atoms with Gasteiger partial charge in [-0.2, -0.15) is 4.98 Å². The summed E-state index contributed by atoms with van der Waals surface area (Å²) < 4.78 is 18.8. The van der Waals surface area contributed by atoms with Gasteiger partial charge in [0, 0.05) is 5.92 Å². The lowest BCUT2D eigenvalue weighted by molar-refractivity contribution is 0.407. The fourth-order valence-corrected chi connectivity index (χ4v) is 2.67. The van der Waals surface area contributed by atoms with Crippen LogP contribution in [0, 0.1) is 11.7 Å². The maximum absolute atomic E-state index is 13.7. The number of benzene rings is 1. The topological polar surface area (TPSA) is 59.2 Å². The molecule has 1 aliphatic carbocycles. The van der Waals surface area contributed by atoms with Crippen molar-refractivity contribution < 1.29 is 14.0 Å². The van der Waals surface area contributed by atoms with Gasteiger partial charge in [-0.05, 0) is 37.3 Å². The molecule has 0 radical (unpaired) electrons. The Hall–Kier alpha value is -1.91. The van der Waals surface area contributed by atoms with Gasteiger partial charge in [-0.15, -0.1) is 0 Å². The Kier molecular flexibility index (Phi) is 2.97. The number of aromatic hydroxyl groups is 1. The van der Waals surface area contributed by atoms with E-state index in [1.54, 1.807) is 0 Å². The van der Waals surface area contributed by atoms with Gasteiger partial charge in [-0.3, -0.25) is 0 Å². The second kappa shape index (κ2) is 4.64. The van der Waals surface area contributed by atoms with E-state index in [2.05, 4.69) is 17.1 Å². The van der Waals surface area contributed by atoms with E-state index in [4.69, 9.17) is 4.52 Å². The maximum atomic E-state index is 13.7. The predicted octanol–water partition coefficient (Wildman–Crippen LogP) is 3.48. The van der Waals surface area contributed by atoms with Gasteiger partial charge in [0.15, 0.2) is 5.82 Å². The van der Waals surface area contributed by atoms with E-state index >= 15 is 0 Å². The summed E-state index contributed by atoms with van der Waals surface area (Å²) >= 11 is 0. The monoisotopic (exact) mass is 262 g/mol. The first-order valence-electron chi connectivity index (χ1n) is 6.46. The second-order valence-electron chi connectivity index (χ2n) is 5.21. The molecular weight excluding hydrogens is 247 g/mol. The molecule has 0 bridgehead atoms. The summed E-state index contributed by atoms with van der Waals surface area (Å²) in [5.41, 5.74) is -0.0210. The molecule has 1 heterocycles. The van der Waals surface area contributed by atoms with E-state index in [9.17, 15) is 9.50 Å². The molecule has 2 aromatic rings. The van der Waals surface area contributed by atoms with Crippen molar-refractivity contribution in [2.45, 2.75) is 32.1 Å². The Balaban J connectivity index is 1.93. The quantitative estimate of drug-likeness (QED) is 0.900. The van der Waals surface area contributed by atoms with E-state index in [0.717, 1.165) is 19.3 Å². The second-order valence-corrected chi connectivity index (χ2v) is 5.21. The van der Waals surface area contributed by atoms with Crippen molar-refractivity contribution in [3.05, 3.63) is 29.8 Å². The highest BCUT2D eigenvalue weighted by Crippen LogP contribution is 2.38. The Morgan fingerprint density at radius 3 is 2.89 bits per heavy atom. The smallest absolute Gasteiger partial charge is 0.264 e. The maximum Gasteiger partial charge on any atom is 0.264 e. The molecule has 0 spiro atoms. The zero-order valence-electron chi connectivity index (χ0n) is 10.6. The van der Waals surface area contributed by atoms with Crippen LogP contribution in [0.1, 0.15) is 37.9 Å². The lowest BCUT2D eigenvalue weighted by atomic mass is 10.1. The molecule has 1 fully saturated rings. The summed E-state index contributed by atoms with van der Waals surface area (Å²) in [4.78, 5) is 4.24. The van der Waals surface area contributed by atoms with Crippen LogP contribution in [0.5, 0.6) is 5.75 Å². The zero-order valence-corrected chi connectivity index (χ0v) is 10.6. The SMILES string of the molecule is CC1CCC(c2noc(-c3c(O)cccc3F)n2)C1. The molecule has 5 heteroatoms. The van der Waals surface area contributed by atoms with E-state index < -0.39 is 5.82 Å². The van der Waals surface area contributed by atoms with Gasteiger partial charge in [-0.25, -0.2) is 4.39 Å². The number of halogens is 1. The molecular formula is C14H15FN2O2. The van der Waals surface area contributed by atoms with Gasteiger partial charge < -0.3 is 9.63 Å². The summed E-state index contributed by atoms with van der Waals surface area (Å²) in [5, 5.41) is 13.6. The van der Waals surface area contributed by atoms with Crippen molar-refractivity contribution in [1.29, 1.82) is 0 Å². The molecule has 19 heavy (non-hydrogen) atoms. The van der Waals surface area contributed by atoms with Crippen LogP contribution in [-0.4, -0.2) is 15.2 Å². The van der Waals surface area contributed by atoms with Gasteiger partial charge in [-0.1, -0.05) is 18.1 Å². The molecule has 0 aliphatic heterocycles. The first-order chi connectivity index (χ1) is 9.15. The molecule has 1 aliphatic rings. The zero-order chi connectivity index (χ0) is 13.4. The minimum absolute atomic E-state index is 0.0210. The molecule has 1 saturated carbocycles. The number of hydrogen-bond acceptors (Lipinski definition) is 4. The summed E-state index contributed by atoms with van der Waals surface area (Å²) in [5.74, 6) is 0.854. The van der Waals surface area contributed by atoms with Crippen molar-refractivity contribution in [2.75, 3.05) is 0 Å². The van der Waals surface area contributed by atoms with Crippen LogP contribution in [0.3, 0.4) is 0 Å². The third kappa shape index (κ3) is 2.20. The highest BCUT2D eigenvalue weighted by molar-refractivity contribution is 5.62. The Morgan fingerprint density at radius 1 is 1.37 bits per heavy atom. The molecule has 1 N–H and O–H groups in total. The lowest BCUT2D eigenvalue weighted by Crippen LogP contribution is -1.96. The molecule has 1 aromatic heterocycles. The average molecular weight is 262 g/mol. The summed E-state index contributed by atoms with van der Waals surface area (Å²) in [6, 6.07) is 4.10. The summed E-state index contributed by atoms with van der Waals surface area (Å²) in [6.07, 6.45) is 3.21. The Bertz CT molecular complexity index is 577. The molecule has 3 rings (SSSR count). The van der Waals surface area contributed by atoms with E-state index in [1.165, 1.54) is 18.2 Å². The van der Waals surface area contributed by atoms with Crippen LogP contribution in [0.2, 0.25) is 0 Å². The normalized spacial score (nSPS) is 22.8. The van der Waals surface area contributed by atoms with E-state index in [1.807, 2.05) is 0 Å². The summed E-state index contributed by atoms with van der Waals surface area (Å²) in [7, 11) is 0. The lowest BCUT2D eigenvalue weighted by Gasteiger charge is -2.02. The predicted molar refractivity (Wildman–Crippen MR) is 67.1 cm³/mol. The van der Waals surface area contributed by atoms with Crippen molar-refractivity contribution in [3.8, 4) is 17.2 Å². The minimum Gasteiger partial charge on any atom is -0.507 e. The average Bonchev–Trinajstić information content (AvgIpc) is 2.98. The summed E-state index contributed by atoms with van der Waals surface area (Å²) in [6.45, 7) is 2.20. The number of aromatic nitrogens is 2. The van der Waals surface area contributed by atoms with Gasteiger partial charge in [0.05, 0.1) is 0 Å². The number of phenols is 1. The van der Waals surface area contributed by atoms with Gasteiger partial charge in [0.25, 0.3) is 5.89 Å². The fourth-order valence-electron chi connectivity index (χ4n) is 2.67. The van der Waals surface area contributed by atoms with Crippen LogP contribution in [0.4, 0.5) is 4.39 Å². The largest absolute Gasteiger partial charge is 0.507 e. The molecule has 2 unspecified atom stereocenters. The van der Waals surface area contributed by atoms with Gasteiger partial charge in [0.1, 0.15) is 17.1 Å². The number of nitrogens with zero attached hydrogens (tertiary/aromatic N) is 2. The Morgan fingerprint density at radius 2 is 2.21 bits per heavy atom. The van der Waals surface area contributed by atoms with Crippen molar-refractivity contribution >= 4 is 0 Å². The molecule has 100 valence electrons. The highest BCUT2D eigenvalue weighted by atomic mass is 19.1. The minimum atomic E-state index is -0.560. The van der Waals surface area contributed by atoms with Crippen molar-refractivity contribution in [3.63, 3.8) is 0 Å². The number of hydrogen-bond donors (Lipinski definition) is 1. The van der Waals surface area contributed by atoms with Gasteiger partial charge in [0.2, 0.25) is 0 Å². The highest BCUT2D eigenvalue weighted by Gasteiger charge is 2.28. The fraction of sp³-hybridized carbons (Fsp3) is 0.429. The first kappa shape index (κ1) is 12.1. The van der Waals surface area contributed by atoms with Crippen LogP contribution in [0.25, 0.3) is 11.5 Å².